The molecule has 6 heteroatoms. The lowest BCUT2D eigenvalue weighted by molar-refractivity contribution is -0.116. The van der Waals surface area contributed by atoms with Crippen molar-refractivity contribution in [1.82, 2.24) is 10.2 Å². The fourth-order valence-electron chi connectivity index (χ4n) is 3.58. The van der Waals surface area contributed by atoms with E-state index in [0.717, 1.165) is 61.4 Å². The predicted octanol–water partition coefficient (Wildman–Crippen LogP) is 4.19. The molecule has 0 spiro atoms. The monoisotopic (exact) mass is 471 g/mol. The lowest BCUT2D eigenvalue weighted by Gasteiger charge is -2.36. The van der Waals surface area contributed by atoms with Crippen molar-refractivity contribution in [2.75, 3.05) is 51.3 Å². The third kappa shape index (κ3) is 6.89. The topological polar surface area (TPSA) is 44.8 Å². The number of carbonyl (C=O) groups is 1. The zero-order valence-corrected chi connectivity index (χ0v) is 19.1. The van der Waals surface area contributed by atoms with Crippen molar-refractivity contribution in [3.63, 3.8) is 0 Å². The van der Waals surface area contributed by atoms with E-state index < -0.39 is 0 Å². The van der Waals surface area contributed by atoms with Gasteiger partial charge in [-0.1, -0.05) is 40.2 Å². The van der Waals surface area contributed by atoms with E-state index in [-0.39, 0.29) is 5.91 Å². The lowest BCUT2D eigenvalue weighted by Crippen LogP contribution is -2.46. The van der Waals surface area contributed by atoms with Gasteiger partial charge in [0.15, 0.2) is 0 Å². The maximum Gasteiger partial charge on any atom is 0.243 e. The molecule has 1 N–H and O–H groups in total. The van der Waals surface area contributed by atoms with Gasteiger partial charge in [0.05, 0.1) is 12.8 Å². The molecule has 1 amide bonds. The van der Waals surface area contributed by atoms with Crippen molar-refractivity contribution in [3.8, 4) is 5.75 Å². The fourth-order valence-corrected chi connectivity index (χ4v) is 3.84. The highest BCUT2D eigenvalue weighted by Gasteiger charge is 2.18. The van der Waals surface area contributed by atoms with Gasteiger partial charge in [-0.2, -0.15) is 0 Å². The van der Waals surface area contributed by atoms with Gasteiger partial charge in [0, 0.05) is 43.3 Å². The molecule has 0 aromatic heterocycles. The van der Waals surface area contributed by atoms with Crippen LogP contribution >= 0.6 is 15.9 Å². The Morgan fingerprint density at radius 2 is 1.80 bits per heavy atom. The summed E-state index contributed by atoms with van der Waals surface area (Å²) in [6, 6.07) is 16.1. The van der Waals surface area contributed by atoms with Gasteiger partial charge in [0.25, 0.3) is 0 Å². The van der Waals surface area contributed by atoms with Crippen LogP contribution in [0.15, 0.2) is 59.1 Å². The molecule has 0 aliphatic carbocycles. The number of nitrogens with zero attached hydrogens (tertiary/aromatic N) is 2. The van der Waals surface area contributed by atoms with Gasteiger partial charge in [-0.3, -0.25) is 9.69 Å². The Balaban J connectivity index is 1.29. The minimum atomic E-state index is -0.0386. The number of hydrogen-bond acceptors (Lipinski definition) is 4. The second-order valence-electron chi connectivity index (χ2n) is 7.38. The van der Waals surface area contributed by atoms with Crippen molar-refractivity contribution in [2.24, 2.45) is 0 Å². The van der Waals surface area contributed by atoms with Gasteiger partial charge in [-0.05, 0) is 55.3 Å². The highest BCUT2D eigenvalue weighted by molar-refractivity contribution is 9.10. The summed E-state index contributed by atoms with van der Waals surface area (Å²) in [5.74, 6) is 0.902. The van der Waals surface area contributed by atoms with Crippen LogP contribution < -0.4 is 15.0 Å². The summed E-state index contributed by atoms with van der Waals surface area (Å²) in [5, 5.41) is 2.97. The molecule has 0 bridgehead atoms. The highest BCUT2D eigenvalue weighted by Crippen LogP contribution is 2.28. The van der Waals surface area contributed by atoms with Gasteiger partial charge in [0.1, 0.15) is 5.75 Å². The minimum absolute atomic E-state index is 0.0386. The zero-order chi connectivity index (χ0) is 21.2. The van der Waals surface area contributed by atoms with E-state index in [1.165, 1.54) is 5.69 Å². The van der Waals surface area contributed by atoms with Crippen molar-refractivity contribution in [2.45, 2.75) is 12.8 Å². The molecule has 0 unspecified atom stereocenters. The van der Waals surface area contributed by atoms with E-state index in [9.17, 15) is 4.79 Å². The second kappa shape index (κ2) is 11.8. The molecule has 1 aliphatic rings. The molecule has 1 fully saturated rings. The highest BCUT2D eigenvalue weighted by atomic mass is 79.9. The predicted molar refractivity (Wildman–Crippen MR) is 127 cm³/mol. The normalized spacial score (nSPS) is 14.8. The van der Waals surface area contributed by atoms with E-state index in [1.54, 1.807) is 13.2 Å². The number of benzene rings is 2. The first-order valence-electron chi connectivity index (χ1n) is 10.5. The number of hydrogen-bond donors (Lipinski definition) is 1. The summed E-state index contributed by atoms with van der Waals surface area (Å²) in [6.07, 6.45) is 5.51. The van der Waals surface area contributed by atoms with Crippen molar-refractivity contribution >= 4 is 33.6 Å². The third-order valence-corrected chi connectivity index (χ3v) is 5.82. The number of unbranched alkanes of at least 4 members (excludes halogenated alkanes) is 1. The molecule has 30 heavy (non-hydrogen) atoms. The van der Waals surface area contributed by atoms with Crippen LogP contribution in [-0.2, 0) is 4.79 Å². The number of amides is 1. The maximum absolute atomic E-state index is 11.9. The Morgan fingerprint density at radius 1 is 1.07 bits per heavy atom. The first-order valence-corrected chi connectivity index (χ1v) is 11.3. The van der Waals surface area contributed by atoms with Crippen molar-refractivity contribution < 1.29 is 9.53 Å². The van der Waals surface area contributed by atoms with Crippen LogP contribution in [0.3, 0.4) is 0 Å². The molecular formula is C24H30BrN3O2. The molecule has 0 radical (unpaired) electrons. The number of carbonyl (C=O) groups excluding carboxylic acids is 1. The van der Waals surface area contributed by atoms with Crippen LogP contribution in [0.4, 0.5) is 5.69 Å². The van der Waals surface area contributed by atoms with Crippen LogP contribution in [0.25, 0.3) is 6.08 Å². The quantitative estimate of drug-likeness (QED) is 0.439. The summed E-state index contributed by atoms with van der Waals surface area (Å²) >= 11 is 3.41. The number of halogens is 1. The van der Waals surface area contributed by atoms with E-state index in [4.69, 9.17) is 4.74 Å². The van der Waals surface area contributed by atoms with Crippen molar-refractivity contribution in [1.29, 1.82) is 0 Å². The third-order valence-electron chi connectivity index (χ3n) is 5.30. The number of rotatable bonds is 9. The summed E-state index contributed by atoms with van der Waals surface area (Å²) in [6.45, 7) is 5.92. The van der Waals surface area contributed by atoms with Crippen LogP contribution in [0, 0.1) is 0 Å². The molecule has 5 nitrogen and oxygen atoms in total. The number of piperazine rings is 1. The smallest absolute Gasteiger partial charge is 0.243 e. The fraction of sp³-hybridized carbons (Fsp3) is 0.375. The number of para-hydroxylation sites is 2. The number of nitrogens with one attached hydrogen (secondary N) is 1. The summed E-state index contributed by atoms with van der Waals surface area (Å²) in [7, 11) is 1.73. The van der Waals surface area contributed by atoms with E-state index in [2.05, 4.69) is 43.2 Å². The standard InChI is InChI=1S/C24H30BrN3O2/c1-30-23-7-3-2-6-22(23)28-18-16-27(17-19-28)15-5-4-14-26-24(29)13-10-20-8-11-21(25)12-9-20/h2-3,6-13H,4-5,14-19H2,1H3,(H,26,29)/b13-10+. The van der Waals surface area contributed by atoms with Gasteiger partial charge in [-0.25, -0.2) is 0 Å². The molecule has 160 valence electrons. The molecule has 0 atom stereocenters. The van der Waals surface area contributed by atoms with Crippen LogP contribution in [-0.4, -0.2) is 57.2 Å². The van der Waals surface area contributed by atoms with Crippen LogP contribution in [0.2, 0.25) is 0 Å². The lowest BCUT2D eigenvalue weighted by atomic mass is 10.2. The van der Waals surface area contributed by atoms with Gasteiger partial charge < -0.3 is 15.0 Å². The average molecular weight is 472 g/mol. The largest absolute Gasteiger partial charge is 0.495 e. The summed E-state index contributed by atoms with van der Waals surface area (Å²) < 4.78 is 6.52. The van der Waals surface area contributed by atoms with Gasteiger partial charge in [0.2, 0.25) is 5.91 Å². The molecule has 3 rings (SSSR count). The molecule has 0 saturated carbocycles. The van der Waals surface area contributed by atoms with Crippen LogP contribution in [0.1, 0.15) is 18.4 Å². The van der Waals surface area contributed by atoms with E-state index in [1.807, 2.05) is 42.5 Å². The molecule has 1 heterocycles. The minimum Gasteiger partial charge on any atom is -0.495 e. The number of anilines is 1. The average Bonchev–Trinajstić information content (AvgIpc) is 2.79. The van der Waals surface area contributed by atoms with Crippen molar-refractivity contribution in [3.05, 3.63) is 64.6 Å². The number of methoxy groups -OCH3 is 1. The van der Waals surface area contributed by atoms with E-state index >= 15 is 0 Å². The summed E-state index contributed by atoms with van der Waals surface area (Å²) in [4.78, 5) is 16.8. The van der Waals surface area contributed by atoms with Gasteiger partial charge >= 0.3 is 0 Å². The Labute approximate surface area is 187 Å². The number of ether oxygens (including phenoxy) is 1. The summed E-state index contributed by atoms with van der Waals surface area (Å²) in [5.41, 5.74) is 2.19. The molecule has 2 aromatic rings. The zero-order valence-electron chi connectivity index (χ0n) is 17.5. The first-order chi connectivity index (χ1) is 14.7. The molecule has 2 aromatic carbocycles. The van der Waals surface area contributed by atoms with E-state index in [0.29, 0.717) is 6.54 Å². The van der Waals surface area contributed by atoms with Crippen LogP contribution in [0.5, 0.6) is 5.75 Å². The van der Waals surface area contributed by atoms with Gasteiger partial charge in [-0.15, -0.1) is 0 Å². The Bertz CT molecular complexity index is 831. The molecular weight excluding hydrogens is 442 g/mol. The Kier molecular flexibility index (Phi) is 8.78. The first kappa shape index (κ1) is 22.4. The molecule has 1 saturated heterocycles. The second-order valence-corrected chi connectivity index (χ2v) is 8.30. The SMILES string of the molecule is COc1ccccc1N1CCN(CCCCNC(=O)/C=C/c2ccc(Br)cc2)CC1. The molecule has 1 aliphatic heterocycles. The maximum atomic E-state index is 11.9. The Morgan fingerprint density at radius 3 is 2.53 bits per heavy atom. The Hall–Kier alpha value is -2.31.